The maximum absolute atomic E-state index is 13.0. The van der Waals surface area contributed by atoms with Gasteiger partial charge >= 0.3 is 5.97 Å². The molecule has 0 spiro atoms. The monoisotopic (exact) mass is 491 g/mol. The molecule has 33 heavy (non-hydrogen) atoms. The highest BCUT2D eigenvalue weighted by molar-refractivity contribution is 7.89. The molecular formula is C23H29N3O5S2. The summed E-state index contributed by atoms with van der Waals surface area (Å²) in [6.45, 7) is 8.22. The maximum Gasteiger partial charge on any atom is 0.348 e. The van der Waals surface area contributed by atoms with Crippen molar-refractivity contribution in [1.82, 2.24) is 13.9 Å². The number of esters is 1. The summed E-state index contributed by atoms with van der Waals surface area (Å²) in [5.41, 5.74) is 2.56. The van der Waals surface area contributed by atoms with E-state index in [1.807, 2.05) is 24.5 Å². The summed E-state index contributed by atoms with van der Waals surface area (Å²) in [5.74, 6) is 0.222. The number of rotatable bonds is 8. The Morgan fingerprint density at radius 3 is 2.67 bits per heavy atom. The summed E-state index contributed by atoms with van der Waals surface area (Å²) in [6.07, 6.45) is 1.97. The second kappa shape index (κ2) is 9.92. The van der Waals surface area contributed by atoms with Gasteiger partial charge in [0.1, 0.15) is 17.3 Å². The van der Waals surface area contributed by atoms with Crippen LogP contribution >= 0.6 is 11.3 Å². The van der Waals surface area contributed by atoms with Crippen LogP contribution in [-0.2, 0) is 39.1 Å². The van der Waals surface area contributed by atoms with Gasteiger partial charge < -0.3 is 14.0 Å². The first-order valence-electron chi connectivity index (χ1n) is 11.2. The molecule has 0 N–H and O–H groups in total. The van der Waals surface area contributed by atoms with Crippen molar-refractivity contribution in [3.63, 3.8) is 0 Å². The number of sulfonamides is 1. The van der Waals surface area contributed by atoms with Crippen LogP contribution in [0.3, 0.4) is 0 Å². The smallest absolute Gasteiger partial charge is 0.348 e. The molecule has 2 aromatic heterocycles. The van der Waals surface area contributed by atoms with Crippen molar-refractivity contribution < 1.29 is 22.7 Å². The van der Waals surface area contributed by atoms with Gasteiger partial charge in [-0.2, -0.15) is 4.31 Å². The van der Waals surface area contributed by atoms with Gasteiger partial charge in [0, 0.05) is 24.5 Å². The Kier molecular flexibility index (Phi) is 7.18. The molecule has 3 aromatic rings. The Morgan fingerprint density at radius 1 is 1.21 bits per heavy atom. The molecule has 8 nitrogen and oxygen atoms in total. The van der Waals surface area contributed by atoms with Crippen molar-refractivity contribution in [1.29, 1.82) is 0 Å². The highest BCUT2D eigenvalue weighted by Crippen LogP contribution is 2.26. The fourth-order valence-corrected chi connectivity index (χ4v) is 6.45. The van der Waals surface area contributed by atoms with Crippen LogP contribution in [0.15, 0.2) is 29.2 Å². The number of imidazole rings is 1. The van der Waals surface area contributed by atoms with E-state index in [9.17, 15) is 13.2 Å². The molecule has 0 saturated carbocycles. The number of carbonyl (C=O) groups excluding carboxylic acids is 1. The van der Waals surface area contributed by atoms with Gasteiger partial charge in [0.05, 0.1) is 29.1 Å². The van der Waals surface area contributed by atoms with Gasteiger partial charge in [-0.15, -0.1) is 11.3 Å². The van der Waals surface area contributed by atoms with Crippen LogP contribution in [0.4, 0.5) is 0 Å². The first kappa shape index (κ1) is 23.9. The van der Waals surface area contributed by atoms with Crippen molar-refractivity contribution in [3.05, 3.63) is 45.4 Å². The molecule has 1 fully saturated rings. The number of hydrogen-bond acceptors (Lipinski definition) is 7. The third-order valence-corrected chi connectivity index (χ3v) is 8.76. The fraction of sp³-hybridized carbons (Fsp3) is 0.478. The molecule has 4 rings (SSSR count). The first-order chi connectivity index (χ1) is 15.8. The number of morpholine rings is 1. The lowest BCUT2D eigenvalue weighted by Gasteiger charge is -2.26. The van der Waals surface area contributed by atoms with E-state index in [2.05, 4.69) is 11.9 Å². The van der Waals surface area contributed by atoms with Crippen LogP contribution in [0.2, 0.25) is 0 Å². The second-order valence-corrected chi connectivity index (χ2v) is 11.2. The van der Waals surface area contributed by atoms with Crippen LogP contribution < -0.4 is 0 Å². The molecule has 0 radical (unpaired) electrons. The lowest BCUT2D eigenvalue weighted by molar-refractivity contribution is 0.0464. The summed E-state index contributed by atoms with van der Waals surface area (Å²) in [7, 11) is -3.61. The van der Waals surface area contributed by atoms with Crippen molar-refractivity contribution in [2.45, 2.75) is 51.7 Å². The van der Waals surface area contributed by atoms with Crippen LogP contribution in [0.1, 0.15) is 46.2 Å². The zero-order valence-corrected chi connectivity index (χ0v) is 20.8. The van der Waals surface area contributed by atoms with Crippen LogP contribution in [0.25, 0.3) is 11.0 Å². The van der Waals surface area contributed by atoms with E-state index in [0.717, 1.165) is 23.2 Å². The Hall–Kier alpha value is -2.27. The summed E-state index contributed by atoms with van der Waals surface area (Å²) in [4.78, 5) is 19.2. The summed E-state index contributed by atoms with van der Waals surface area (Å²) in [5, 5.41) is 0. The highest BCUT2D eigenvalue weighted by atomic mass is 32.2. The SMILES string of the molecule is CCCc1cc(C(=O)OCc2nc3cc(S(=O)(=O)N4CCOCC4)ccc3n2CC)sc1C. The topological polar surface area (TPSA) is 90.7 Å². The molecule has 0 aliphatic carbocycles. The van der Waals surface area contributed by atoms with Crippen molar-refractivity contribution in [2.24, 2.45) is 0 Å². The Morgan fingerprint density at radius 2 is 1.97 bits per heavy atom. The van der Waals surface area contributed by atoms with E-state index in [1.54, 1.807) is 18.2 Å². The highest BCUT2D eigenvalue weighted by Gasteiger charge is 2.27. The van der Waals surface area contributed by atoms with Crippen molar-refractivity contribution in [2.75, 3.05) is 26.3 Å². The third kappa shape index (κ3) is 4.84. The number of thiophene rings is 1. The van der Waals surface area contributed by atoms with Gasteiger partial charge in [-0.05, 0) is 50.1 Å². The molecule has 0 amide bonds. The van der Waals surface area contributed by atoms with Gasteiger partial charge in [0.2, 0.25) is 10.0 Å². The minimum Gasteiger partial charge on any atom is -0.453 e. The molecule has 1 aliphatic rings. The number of nitrogens with zero attached hydrogens (tertiary/aromatic N) is 3. The van der Waals surface area contributed by atoms with Crippen LogP contribution in [-0.4, -0.2) is 54.5 Å². The lowest BCUT2D eigenvalue weighted by atomic mass is 10.1. The number of fused-ring (bicyclic) bond motifs is 1. The molecule has 178 valence electrons. The van der Waals surface area contributed by atoms with Gasteiger partial charge in [-0.25, -0.2) is 18.2 Å². The van der Waals surface area contributed by atoms with Gasteiger partial charge in [-0.3, -0.25) is 0 Å². The molecule has 1 aliphatic heterocycles. The predicted octanol–water partition coefficient (Wildman–Crippen LogP) is 3.76. The van der Waals surface area contributed by atoms with E-state index in [4.69, 9.17) is 9.47 Å². The molecule has 1 saturated heterocycles. The molecule has 10 heteroatoms. The minimum absolute atomic E-state index is 0.0208. The van der Waals surface area contributed by atoms with Crippen LogP contribution in [0.5, 0.6) is 0 Å². The molecule has 3 heterocycles. The average molecular weight is 492 g/mol. The van der Waals surface area contributed by atoms with E-state index < -0.39 is 10.0 Å². The van der Waals surface area contributed by atoms with Crippen LogP contribution in [0, 0.1) is 6.92 Å². The Labute approximate surface area is 198 Å². The Balaban J connectivity index is 1.55. The first-order valence-corrected chi connectivity index (χ1v) is 13.4. The largest absolute Gasteiger partial charge is 0.453 e. The number of benzene rings is 1. The minimum atomic E-state index is -3.61. The average Bonchev–Trinajstić information content (AvgIpc) is 3.37. The summed E-state index contributed by atoms with van der Waals surface area (Å²) >= 11 is 1.45. The standard InChI is InChI=1S/C23H29N3O5S2/c1-4-6-17-13-21(32-16(17)3)23(27)31-15-22-24-19-14-18(7-8-20(19)26(22)5-2)33(28,29)25-9-11-30-12-10-25/h7-8,13-14H,4-6,9-12,15H2,1-3H3. The zero-order valence-electron chi connectivity index (χ0n) is 19.2. The van der Waals surface area contributed by atoms with E-state index in [-0.39, 0.29) is 17.5 Å². The second-order valence-electron chi connectivity index (χ2n) is 7.96. The number of aryl methyl sites for hydroxylation is 3. The lowest BCUT2D eigenvalue weighted by Crippen LogP contribution is -2.40. The Bertz CT molecular complexity index is 1260. The summed E-state index contributed by atoms with van der Waals surface area (Å²) < 4.78 is 40.2. The van der Waals surface area contributed by atoms with Crippen molar-refractivity contribution in [3.8, 4) is 0 Å². The van der Waals surface area contributed by atoms with Gasteiger partial charge in [0.25, 0.3) is 0 Å². The predicted molar refractivity (Wildman–Crippen MR) is 127 cm³/mol. The van der Waals surface area contributed by atoms with Gasteiger partial charge in [-0.1, -0.05) is 13.3 Å². The maximum atomic E-state index is 13.0. The number of carbonyl (C=O) groups is 1. The molecule has 1 aromatic carbocycles. The molecule has 0 unspecified atom stereocenters. The van der Waals surface area contributed by atoms with E-state index in [0.29, 0.717) is 49.1 Å². The van der Waals surface area contributed by atoms with E-state index >= 15 is 0 Å². The van der Waals surface area contributed by atoms with Crippen molar-refractivity contribution >= 4 is 38.4 Å². The summed E-state index contributed by atoms with van der Waals surface area (Å²) in [6, 6.07) is 6.89. The zero-order chi connectivity index (χ0) is 23.6. The van der Waals surface area contributed by atoms with E-state index in [1.165, 1.54) is 21.2 Å². The molecule has 0 bridgehead atoms. The number of aromatic nitrogens is 2. The molecular weight excluding hydrogens is 462 g/mol. The normalized spacial score (nSPS) is 15.2. The third-order valence-electron chi connectivity index (χ3n) is 5.80. The van der Waals surface area contributed by atoms with Gasteiger partial charge in [0.15, 0.2) is 0 Å². The quantitative estimate of drug-likeness (QED) is 0.446. The number of ether oxygens (including phenoxy) is 2. The number of hydrogen-bond donors (Lipinski definition) is 0. The fourth-order valence-electron chi connectivity index (χ4n) is 4.06. The molecule has 0 atom stereocenters.